The molecule has 0 bridgehead atoms. The minimum atomic E-state index is 0. The highest BCUT2D eigenvalue weighted by molar-refractivity contribution is 14.0. The molecule has 0 atom stereocenters. The molecule has 3 heterocycles. The zero-order chi connectivity index (χ0) is 18.4. The number of aliphatic imine (C=N–C) groups is 1. The molecule has 1 aliphatic rings. The fraction of sp³-hybridized carbons (Fsp3) is 0.556. The van der Waals surface area contributed by atoms with Crippen LogP contribution in [0.15, 0.2) is 23.3 Å². The number of hydrogen-bond donors (Lipinski definition) is 1. The first kappa shape index (κ1) is 22.9. The molecule has 0 saturated carbocycles. The monoisotopic (exact) mass is 539 g/mol. The van der Waals surface area contributed by atoms with Gasteiger partial charge in [-0.05, 0) is 26.0 Å². The normalized spacial score (nSPS) is 15.7. The smallest absolute Gasteiger partial charge is 0.194 e. The summed E-state index contributed by atoms with van der Waals surface area (Å²) >= 11 is 9.47. The van der Waals surface area contributed by atoms with Crippen molar-refractivity contribution in [3.8, 4) is 0 Å². The van der Waals surface area contributed by atoms with Gasteiger partial charge in [-0.1, -0.05) is 11.6 Å². The number of halogens is 2. The van der Waals surface area contributed by atoms with Crippen LogP contribution in [0.1, 0.15) is 21.7 Å². The van der Waals surface area contributed by atoms with Gasteiger partial charge in [0, 0.05) is 68.2 Å². The van der Waals surface area contributed by atoms with E-state index in [1.807, 2.05) is 12.3 Å². The molecule has 1 saturated heterocycles. The maximum absolute atomic E-state index is 6.04. The number of thiophene rings is 1. The largest absolute Gasteiger partial charge is 0.357 e. The summed E-state index contributed by atoms with van der Waals surface area (Å²) in [7, 11) is 0. The third kappa shape index (κ3) is 7.16. The van der Waals surface area contributed by atoms with Crippen molar-refractivity contribution in [1.82, 2.24) is 20.1 Å². The highest BCUT2D eigenvalue weighted by Crippen LogP contribution is 2.23. The molecule has 2 aromatic heterocycles. The van der Waals surface area contributed by atoms with E-state index in [4.69, 9.17) is 16.6 Å². The highest BCUT2D eigenvalue weighted by Gasteiger charge is 2.20. The van der Waals surface area contributed by atoms with Gasteiger partial charge in [0.25, 0.3) is 0 Å². The summed E-state index contributed by atoms with van der Waals surface area (Å²) in [5.41, 5.74) is 0. The van der Waals surface area contributed by atoms with Gasteiger partial charge in [0.1, 0.15) is 0 Å². The molecule has 0 unspecified atom stereocenters. The van der Waals surface area contributed by atoms with Crippen LogP contribution >= 0.6 is 58.3 Å². The van der Waals surface area contributed by atoms with Crippen LogP contribution in [0.4, 0.5) is 0 Å². The first-order valence-corrected chi connectivity index (χ1v) is 11.1. The van der Waals surface area contributed by atoms with Crippen LogP contribution in [0.25, 0.3) is 0 Å². The molecule has 1 aliphatic heterocycles. The zero-order valence-electron chi connectivity index (χ0n) is 15.8. The van der Waals surface area contributed by atoms with Crippen LogP contribution in [0, 0.1) is 6.92 Å². The fourth-order valence-electron chi connectivity index (χ4n) is 2.98. The Morgan fingerprint density at radius 3 is 2.63 bits per heavy atom. The summed E-state index contributed by atoms with van der Waals surface area (Å²) in [5, 5.41) is 4.60. The second-order valence-corrected chi connectivity index (χ2v) is 9.44. The average Bonchev–Trinajstić information content (AvgIpc) is 3.23. The Morgan fingerprint density at radius 2 is 2.04 bits per heavy atom. The Hall–Kier alpha value is -0.420. The number of nitrogens with zero attached hydrogens (tertiary/aromatic N) is 4. The first-order chi connectivity index (χ1) is 12.6. The lowest BCUT2D eigenvalue weighted by Crippen LogP contribution is -2.52. The molecule has 1 N–H and O–H groups in total. The van der Waals surface area contributed by atoms with Crippen molar-refractivity contribution in [2.45, 2.75) is 26.8 Å². The van der Waals surface area contributed by atoms with E-state index in [0.717, 1.165) is 62.5 Å². The van der Waals surface area contributed by atoms with Gasteiger partial charge in [0.15, 0.2) is 5.96 Å². The van der Waals surface area contributed by atoms with Crippen molar-refractivity contribution in [3.63, 3.8) is 0 Å². The Bertz CT molecular complexity index is 725. The molecule has 2 aromatic rings. The molecule has 9 heteroatoms. The Morgan fingerprint density at radius 1 is 1.26 bits per heavy atom. The van der Waals surface area contributed by atoms with E-state index in [-0.39, 0.29) is 24.0 Å². The van der Waals surface area contributed by atoms with E-state index in [1.165, 1.54) is 14.8 Å². The van der Waals surface area contributed by atoms with Gasteiger partial charge in [-0.25, -0.2) is 4.98 Å². The molecule has 3 rings (SSSR count). The highest BCUT2D eigenvalue weighted by atomic mass is 127. The number of hydrogen-bond acceptors (Lipinski definition) is 5. The van der Waals surface area contributed by atoms with E-state index >= 15 is 0 Å². The van der Waals surface area contributed by atoms with Crippen LogP contribution in [0.3, 0.4) is 0 Å². The van der Waals surface area contributed by atoms with Crippen molar-refractivity contribution < 1.29 is 0 Å². The van der Waals surface area contributed by atoms with Crippen LogP contribution in [0.2, 0.25) is 4.34 Å². The SMILES string of the molecule is CCNC(=NCCc1ncc(C)s1)N1CCN(Cc2ccc(Cl)s2)CC1.I. The molecule has 1 fully saturated rings. The molecule has 0 amide bonds. The number of aromatic nitrogens is 1. The number of rotatable bonds is 6. The lowest BCUT2D eigenvalue weighted by Gasteiger charge is -2.36. The molecule has 0 aliphatic carbocycles. The number of piperazine rings is 1. The molecular formula is C18H27ClIN5S2. The van der Waals surface area contributed by atoms with Crippen molar-refractivity contribution in [2.24, 2.45) is 4.99 Å². The third-order valence-electron chi connectivity index (χ3n) is 4.27. The van der Waals surface area contributed by atoms with Crippen LogP contribution < -0.4 is 5.32 Å². The average molecular weight is 540 g/mol. The van der Waals surface area contributed by atoms with Crippen molar-refractivity contribution >= 4 is 64.2 Å². The third-order valence-corrected chi connectivity index (χ3v) is 6.46. The molecule has 5 nitrogen and oxygen atoms in total. The predicted molar refractivity (Wildman–Crippen MR) is 128 cm³/mol. The summed E-state index contributed by atoms with van der Waals surface area (Å²) < 4.78 is 0.871. The summed E-state index contributed by atoms with van der Waals surface area (Å²) in [4.78, 5) is 16.7. The van der Waals surface area contributed by atoms with Crippen LogP contribution in [0.5, 0.6) is 0 Å². The van der Waals surface area contributed by atoms with Gasteiger partial charge in [-0.15, -0.1) is 46.7 Å². The quantitative estimate of drug-likeness (QED) is 0.341. The van der Waals surface area contributed by atoms with Gasteiger partial charge in [0.2, 0.25) is 0 Å². The predicted octanol–water partition coefficient (Wildman–Crippen LogP) is 4.11. The molecule has 0 spiro atoms. The van der Waals surface area contributed by atoms with Gasteiger partial charge in [-0.2, -0.15) is 0 Å². The fourth-order valence-corrected chi connectivity index (χ4v) is 4.88. The zero-order valence-corrected chi connectivity index (χ0v) is 20.5. The molecule has 0 radical (unpaired) electrons. The van der Waals surface area contributed by atoms with Gasteiger partial charge in [0.05, 0.1) is 9.34 Å². The van der Waals surface area contributed by atoms with Crippen molar-refractivity contribution in [3.05, 3.63) is 37.4 Å². The first-order valence-electron chi connectivity index (χ1n) is 9.05. The van der Waals surface area contributed by atoms with Crippen LogP contribution in [-0.4, -0.2) is 60.0 Å². The van der Waals surface area contributed by atoms with Crippen molar-refractivity contribution in [1.29, 1.82) is 0 Å². The number of guanidine groups is 1. The van der Waals surface area contributed by atoms with E-state index in [2.05, 4.69) is 40.0 Å². The maximum Gasteiger partial charge on any atom is 0.194 e. The second-order valence-electron chi connectivity index (χ2n) is 6.32. The lowest BCUT2D eigenvalue weighted by atomic mass is 10.3. The standard InChI is InChI=1S/C18H26ClN5S2.HI/c1-3-20-18(21-7-6-17-22-12-14(2)25-17)24-10-8-23(9-11-24)13-15-4-5-16(19)26-15;/h4-5,12H,3,6-11,13H2,1-2H3,(H,20,21);1H. The summed E-state index contributed by atoms with van der Waals surface area (Å²) in [5.74, 6) is 1.03. The van der Waals surface area contributed by atoms with Crippen molar-refractivity contribution in [2.75, 3.05) is 39.3 Å². The Balaban J connectivity index is 0.00000261. The molecular weight excluding hydrogens is 513 g/mol. The van der Waals surface area contributed by atoms with E-state index in [1.54, 1.807) is 22.7 Å². The number of nitrogens with one attached hydrogen (secondary N) is 1. The number of thiazole rings is 1. The minimum Gasteiger partial charge on any atom is -0.357 e. The maximum atomic E-state index is 6.04. The summed E-state index contributed by atoms with van der Waals surface area (Å²) in [6, 6.07) is 4.11. The van der Waals surface area contributed by atoms with E-state index < -0.39 is 0 Å². The van der Waals surface area contributed by atoms with Gasteiger partial charge < -0.3 is 10.2 Å². The number of aryl methyl sites for hydroxylation is 1. The molecule has 0 aromatic carbocycles. The van der Waals surface area contributed by atoms with E-state index in [9.17, 15) is 0 Å². The van der Waals surface area contributed by atoms with Crippen LogP contribution in [-0.2, 0) is 13.0 Å². The lowest BCUT2D eigenvalue weighted by molar-refractivity contribution is 0.173. The van der Waals surface area contributed by atoms with Gasteiger partial charge in [-0.3, -0.25) is 9.89 Å². The Kier molecular flexibility index (Phi) is 9.78. The van der Waals surface area contributed by atoms with E-state index in [0.29, 0.717) is 0 Å². The second kappa shape index (κ2) is 11.5. The molecule has 150 valence electrons. The Labute approximate surface area is 191 Å². The molecule has 27 heavy (non-hydrogen) atoms. The van der Waals surface area contributed by atoms with Gasteiger partial charge >= 0.3 is 0 Å². The summed E-state index contributed by atoms with van der Waals surface area (Å²) in [6.07, 6.45) is 2.85. The topological polar surface area (TPSA) is 43.8 Å². The summed E-state index contributed by atoms with van der Waals surface area (Å²) in [6.45, 7) is 11.0. The minimum absolute atomic E-state index is 0.